The number of hydrogen-bond acceptors (Lipinski definition) is 4. The van der Waals surface area contributed by atoms with Crippen LogP contribution in [-0.2, 0) is 11.2 Å². The van der Waals surface area contributed by atoms with E-state index in [2.05, 4.69) is 22.5 Å². The third-order valence-electron chi connectivity index (χ3n) is 6.27. The molecule has 2 aliphatic carbocycles. The Hall–Kier alpha value is -2.44. The van der Waals surface area contributed by atoms with Crippen molar-refractivity contribution in [2.24, 2.45) is 5.41 Å². The normalized spacial score (nSPS) is 19.6. The molecule has 30 heavy (non-hydrogen) atoms. The Morgan fingerprint density at radius 3 is 2.47 bits per heavy atom. The van der Waals surface area contributed by atoms with Crippen molar-refractivity contribution in [1.29, 1.82) is 0 Å². The van der Waals surface area contributed by atoms with E-state index in [1.807, 2.05) is 13.8 Å². The first-order valence-electron chi connectivity index (χ1n) is 11.1. The lowest BCUT2D eigenvalue weighted by Crippen LogP contribution is -2.60. The molecule has 2 aliphatic rings. The van der Waals surface area contributed by atoms with Gasteiger partial charge in [0, 0.05) is 24.2 Å². The second-order valence-electron chi connectivity index (χ2n) is 9.55. The van der Waals surface area contributed by atoms with Crippen LogP contribution in [0.3, 0.4) is 0 Å². The molecule has 3 rings (SSSR count). The van der Waals surface area contributed by atoms with Gasteiger partial charge in [-0.25, -0.2) is 0 Å². The lowest BCUT2D eigenvalue weighted by Gasteiger charge is -2.36. The predicted molar refractivity (Wildman–Crippen MR) is 115 cm³/mol. The first-order valence-corrected chi connectivity index (χ1v) is 11.1. The molecule has 0 bridgehead atoms. The summed E-state index contributed by atoms with van der Waals surface area (Å²) in [4.78, 5) is 54.0. The quantitative estimate of drug-likeness (QED) is 0.621. The fourth-order valence-electron chi connectivity index (χ4n) is 4.59. The zero-order chi connectivity index (χ0) is 21.9. The van der Waals surface area contributed by atoms with Gasteiger partial charge < -0.3 is 15.6 Å². The number of carbonyl (C=O) groups excluding carboxylic acids is 3. The highest BCUT2D eigenvalue weighted by Crippen LogP contribution is 2.33. The first kappa shape index (κ1) is 22.2. The summed E-state index contributed by atoms with van der Waals surface area (Å²) in [7, 11) is 0. The average Bonchev–Trinajstić information content (AvgIpc) is 2.67. The molecule has 0 unspecified atom stereocenters. The SMILES string of the molecule is CCCCNC(=O)C1(NC(=O)c2cc3c([nH]c2=O)CC(C)(C)CC3=O)CCCCC1. The van der Waals surface area contributed by atoms with Gasteiger partial charge in [-0.05, 0) is 37.2 Å². The highest BCUT2D eigenvalue weighted by atomic mass is 16.2. The summed E-state index contributed by atoms with van der Waals surface area (Å²) in [5.41, 5.74) is -0.856. The molecule has 0 atom stereocenters. The Labute approximate surface area is 177 Å². The molecular formula is C23H33N3O4. The summed E-state index contributed by atoms with van der Waals surface area (Å²) in [6.45, 7) is 6.58. The van der Waals surface area contributed by atoms with Gasteiger partial charge in [0.15, 0.2) is 5.78 Å². The van der Waals surface area contributed by atoms with E-state index in [0.29, 0.717) is 43.5 Å². The van der Waals surface area contributed by atoms with Gasteiger partial charge in [-0.2, -0.15) is 0 Å². The summed E-state index contributed by atoms with van der Waals surface area (Å²) in [5, 5.41) is 5.81. The second kappa shape index (κ2) is 8.74. The number of carbonyl (C=O) groups is 3. The Morgan fingerprint density at radius 1 is 1.10 bits per heavy atom. The first-order chi connectivity index (χ1) is 14.2. The zero-order valence-electron chi connectivity index (χ0n) is 18.3. The minimum Gasteiger partial charge on any atom is -0.354 e. The highest BCUT2D eigenvalue weighted by molar-refractivity contribution is 6.03. The third-order valence-corrected chi connectivity index (χ3v) is 6.27. The molecular weight excluding hydrogens is 382 g/mol. The Bertz CT molecular complexity index is 894. The van der Waals surface area contributed by atoms with E-state index in [-0.39, 0.29) is 22.7 Å². The third kappa shape index (κ3) is 4.65. The molecule has 1 aromatic rings. The number of amides is 2. The molecule has 7 heteroatoms. The molecule has 7 nitrogen and oxygen atoms in total. The smallest absolute Gasteiger partial charge is 0.261 e. The largest absolute Gasteiger partial charge is 0.354 e. The monoisotopic (exact) mass is 415 g/mol. The average molecular weight is 416 g/mol. The molecule has 0 aliphatic heterocycles. The fourth-order valence-corrected chi connectivity index (χ4v) is 4.59. The maximum atomic E-state index is 13.1. The maximum absolute atomic E-state index is 13.1. The summed E-state index contributed by atoms with van der Waals surface area (Å²) < 4.78 is 0. The number of rotatable bonds is 6. The Kier molecular flexibility index (Phi) is 6.48. The topological polar surface area (TPSA) is 108 Å². The van der Waals surface area contributed by atoms with E-state index in [0.717, 1.165) is 32.1 Å². The van der Waals surface area contributed by atoms with Crippen molar-refractivity contribution in [2.45, 2.75) is 84.1 Å². The van der Waals surface area contributed by atoms with Crippen molar-refractivity contribution in [3.8, 4) is 0 Å². The summed E-state index contributed by atoms with van der Waals surface area (Å²) in [5.74, 6) is -0.850. The number of hydrogen-bond donors (Lipinski definition) is 3. The van der Waals surface area contributed by atoms with Gasteiger partial charge in [0.25, 0.3) is 11.5 Å². The molecule has 164 valence electrons. The number of unbranched alkanes of at least 4 members (excludes halogenated alkanes) is 1. The Balaban J connectivity index is 1.86. The van der Waals surface area contributed by atoms with Crippen LogP contribution in [0.25, 0.3) is 0 Å². The van der Waals surface area contributed by atoms with E-state index in [9.17, 15) is 19.2 Å². The zero-order valence-corrected chi connectivity index (χ0v) is 18.3. The van der Waals surface area contributed by atoms with Crippen molar-refractivity contribution in [1.82, 2.24) is 15.6 Å². The van der Waals surface area contributed by atoms with E-state index in [1.54, 1.807) is 0 Å². The van der Waals surface area contributed by atoms with E-state index in [1.165, 1.54) is 6.07 Å². The Morgan fingerprint density at radius 2 is 1.80 bits per heavy atom. The lowest BCUT2D eigenvalue weighted by atomic mass is 9.75. The van der Waals surface area contributed by atoms with Crippen LogP contribution < -0.4 is 16.2 Å². The van der Waals surface area contributed by atoms with Crippen LogP contribution in [0.1, 0.15) is 98.5 Å². The number of pyridine rings is 1. The molecule has 0 spiro atoms. The van der Waals surface area contributed by atoms with Gasteiger partial charge in [0.2, 0.25) is 5.91 Å². The summed E-state index contributed by atoms with van der Waals surface area (Å²) in [6, 6.07) is 1.41. The van der Waals surface area contributed by atoms with Crippen LogP contribution in [0.2, 0.25) is 0 Å². The minimum atomic E-state index is -1.00. The molecule has 1 heterocycles. The standard InChI is InChI=1S/C23H33N3O4/c1-4-5-11-24-21(30)23(9-7-6-8-10-23)26-20(29)16-12-15-17(25-19(16)28)13-22(2,3)14-18(15)27/h12H,4-11,13-14H2,1-3H3,(H,24,30)(H,25,28)(H,26,29). The maximum Gasteiger partial charge on any atom is 0.261 e. The number of aromatic nitrogens is 1. The van der Waals surface area contributed by atoms with Crippen molar-refractivity contribution >= 4 is 17.6 Å². The second-order valence-corrected chi connectivity index (χ2v) is 9.55. The van der Waals surface area contributed by atoms with Crippen LogP contribution in [-0.4, -0.2) is 34.7 Å². The van der Waals surface area contributed by atoms with Crippen molar-refractivity contribution in [2.75, 3.05) is 6.54 Å². The molecule has 2 amide bonds. The number of ketones is 1. The molecule has 3 N–H and O–H groups in total. The number of fused-ring (bicyclic) bond motifs is 1. The molecule has 1 saturated carbocycles. The van der Waals surface area contributed by atoms with Crippen LogP contribution in [0, 0.1) is 5.41 Å². The number of nitrogens with one attached hydrogen (secondary N) is 3. The molecule has 0 aromatic carbocycles. The van der Waals surface area contributed by atoms with Gasteiger partial charge in [0.1, 0.15) is 11.1 Å². The molecule has 1 aromatic heterocycles. The van der Waals surface area contributed by atoms with E-state index < -0.39 is 17.0 Å². The fraction of sp³-hybridized carbons (Fsp3) is 0.652. The van der Waals surface area contributed by atoms with E-state index in [4.69, 9.17) is 0 Å². The van der Waals surface area contributed by atoms with Crippen LogP contribution >= 0.6 is 0 Å². The van der Waals surface area contributed by atoms with Gasteiger partial charge in [-0.1, -0.05) is 46.5 Å². The van der Waals surface area contributed by atoms with Crippen molar-refractivity contribution in [3.05, 3.63) is 33.2 Å². The molecule has 0 radical (unpaired) electrons. The number of H-pyrrole nitrogens is 1. The van der Waals surface area contributed by atoms with Crippen LogP contribution in [0.15, 0.2) is 10.9 Å². The van der Waals surface area contributed by atoms with Gasteiger partial charge >= 0.3 is 0 Å². The lowest BCUT2D eigenvalue weighted by molar-refractivity contribution is -0.128. The van der Waals surface area contributed by atoms with Crippen LogP contribution in [0.4, 0.5) is 0 Å². The number of aromatic amines is 1. The van der Waals surface area contributed by atoms with Crippen molar-refractivity contribution < 1.29 is 14.4 Å². The van der Waals surface area contributed by atoms with Gasteiger partial charge in [-0.3, -0.25) is 19.2 Å². The van der Waals surface area contributed by atoms with Crippen LogP contribution in [0.5, 0.6) is 0 Å². The summed E-state index contributed by atoms with van der Waals surface area (Å²) >= 11 is 0. The molecule has 1 fully saturated rings. The summed E-state index contributed by atoms with van der Waals surface area (Å²) in [6.07, 6.45) is 6.59. The van der Waals surface area contributed by atoms with Crippen molar-refractivity contribution in [3.63, 3.8) is 0 Å². The van der Waals surface area contributed by atoms with Gasteiger partial charge in [-0.15, -0.1) is 0 Å². The molecule has 0 saturated heterocycles. The number of Topliss-reactive ketones (excluding diaryl/α,β-unsaturated/α-hetero) is 1. The highest BCUT2D eigenvalue weighted by Gasteiger charge is 2.41. The predicted octanol–water partition coefficient (Wildman–Crippen LogP) is 2.88. The van der Waals surface area contributed by atoms with Gasteiger partial charge in [0.05, 0.1) is 0 Å². The van der Waals surface area contributed by atoms with E-state index >= 15 is 0 Å². The minimum absolute atomic E-state index is 0.0729.